The van der Waals surface area contributed by atoms with Gasteiger partial charge in [-0.05, 0) is 54.8 Å². The molecule has 1 fully saturated rings. The summed E-state index contributed by atoms with van der Waals surface area (Å²) < 4.78 is 29.7. The van der Waals surface area contributed by atoms with Crippen LogP contribution in [-0.4, -0.2) is 42.8 Å². The van der Waals surface area contributed by atoms with E-state index in [9.17, 15) is 9.18 Å². The minimum atomic E-state index is -0.298. The van der Waals surface area contributed by atoms with Crippen molar-refractivity contribution in [2.24, 2.45) is 5.92 Å². The van der Waals surface area contributed by atoms with Gasteiger partial charge < -0.3 is 18.9 Å². The number of rotatable bonds is 7. The summed E-state index contributed by atoms with van der Waals surface area (Å²) in [4.78, 5) is 14.7. The van der Waals surface area contributed by atoms with Crippen LogP contribution in [0.5, 0.6) is 11.5 Å². The van der Waals surface area contributed by atoms with Gasteiger partial charge in [-0.1, -0.05) is 17.3 Å². The quantitative estimate of drug-likeness (QED) is 0.564. The van der Waals surface area contributed by atoms with Crippen molar-refractivity contribution in [3.05, 3.63) is 77.4 Å². The van der Waals surface area contributed by atoms with Crippen LogP contribution < -0.4 is 9.47 Å². The molecule has 162 valence electrons. The molecule has 1 saturated heterocycles. The molecular formula is C24H25FN2O4. The largest absolute Gasteiger partial charge is 0.497 e. The molecule has 3 aromatic rings. The van der Waals surface area contributed by atoms with E-state index in [1.165, 1.54) is 12.1 Å². The summed E-state index contributed by atoms with van der Waals surface area (Å²) in [5.74, 6) is 1.55. The number of hydrogen-bond donors (Lipinski definition) is 0. The highest BCUT2D eigenvalue weighted by molar-refractivity contribution is 5.91. The molecule has 1 unspecified atom stereocenters. The molecule has 31 heavy (non-hydrogen) atoms. The Morgan fingerprint density at radius 1 is 1.19 bits per heavy atom. The molecule has 0 aliphatic carbocycles. The predicted molar refractivity (Wildman–Crippen MR) is 113 cm³/mol. The van der Waals surface area contributed by atoms with E-state index >= 15 is 0 Å². The van der Waals surface area contributed by atoms with E-state index in [-0.39, 0.29) is 23.4 Å². The van der Waals surface area contributed by atoms with Crippen molar-refractivity contribution in [1.29, 1.82) is 0 Å². The lowest BCUT2D eigenvalue weighted by atomic mass is 9.98. The van der Waals surface area contributed by atoms with Crippen molar-refractivity contribution in [2.75, 3.05) is 26.8 Å². The lowest BCUT2D eigenvalue weighted by Gasteiger charge is -2.32. The Hall–Kier alpha value is -3.35. The number of piperidine rings is 1. The number of carbonyl (C=O) groups excluding carboxylic acids is 1. The fourth-order valence-electron chi connectivity index (χ4n) is 3.78. The smallest absolute Gasteiger partial charge is 0.292 e. The number of halogens is 1. The average Bonchev–Trinajstić information content (AvgIpc) is 3.26. The van der Waals surface area contributed by atoms with Crippen LogP contribution in [0, 0.1) is 11.7 Å². The number of benzene rings is 2. The molecular weight excluding hydrogens is 399 g/mol. The molecule has 1 amide bonds. The first kappa shape index (κ1) is 20.9. The zero-order valence-corrected chi connectivity index (χ0v) is 17.4. The highest BCUT2D eigenvalue weighted by atomic mass is 19.1. The Bertz CT molecular complexity index is 1020. The predicted octanol–water partition coefficient (Wildman–Crippen LogP) is 4.34. The highest BCUT2D eigenvalue weighted by Gasteiger charge is 2.27. The van der Waals surface area contributed by atoms with E-state index in [1.54, 1.807) is 24.1 Å². The number of hydrogen-bond acceptors (Lipinski definition) is 5. The minimum Gasteiger partial charge on any atom is -0.497 e. The van der Waals surface area contributed by atoms with Crippen molar-refractivity contribution >= 4 is 5.91 Å². The maximum atomic E-state index is 13.4. The van der Waals surface area contributed by atoms with E-state index in [0.29, 0.717) is 31.8 Å². The summed E-state index contributed by atoms with van der Waals surface area (Å²) in [6, 6.07) is 15.4. The molecule has 0 radical (unpaired) electrons. The van der Waals surface area contributed by atoms with Gasteiger partial charge in [0.25, 0.3) is 5.91 Å². The monoisotopic (exact) mass is 424 g/mol. The van der Waals surface area contributed by atoms with Crippen LogP contribution in [0.1, 0.15) is 34.7 Å². The van der Waals surface area contributed by atoms with Gasteiger partial charge in [0.15, 0.2) is 0 Å². The summed E-state index contributed by atoms with van der Waals surface area (Å²) in [5.41, 5.74) is 1.38. The third kappa shape index (κ3) is 5.42. The van der Waals surface area contributed by atoms with E-state index < -0.39 is 0 Å². The second-order valence-corrected chi connectivity index (χ2v) is 7.74. The van der Waals surface area contributed by atoms with Crippen molar-refractivity contribution in [2.45, 2.75) is 19.3 Å². The molecule has 2 heterocycles. The third-order valence-corrected chi connectivity index (χ3v) is 5.40. The second kappa shape index (κ2) is 9.64. The topological polar surface area (TPSA) is 64.8 Å². The molecule has 1 aromatic heterocycles. The maximum Gasteiger partial charge on any atom is 0.292 e. The fraction of sp³-hybridized carbons (Fsp3) is 0.333. The highest BCUT2D eigenvalue weighted by Crippen LogP contribution is 2.22. The Balaban J connectivity index is 1.32. The zero-order valence-electron chi connectivity index (χ0n) is 17.4. The van der Waals surface area contributed by atoms with Crippen LogP contribution in [0.25, 0.3) is 0 Å². The van der Waals surface area contributed by atoms with Crippen LogP contribution in [0.15, 0.2) is 59.1 Å². The van der Waals surface area contributed by atoms with Gasteiger partial charge in [-0.25, -0.2) is 4.39 Å². The Morgan fingerprint density at radius 3 is 2.77 bits per heavy atom. The van der Waals surface area contributed by atoms with Gasteiger partial charge in [-0.2, -0.15) is 0 Å². The van der Waals surface area contributed by atoms with Crippen LogP contribution in [0.3, 0.4) is 0 Å². The molecule has 0 bridgehead atoms. The fourth-order valence-corrected chi connectivity index (χ4v) is 3.78. The summed E-state index contributed by atoms with van der Waals surface area (Å²) >= 11 is 0. The molecule has 1 aliphatic rings. The maximum absolute atomic E-state index is 13.4. The second-order valence-electron chi connectivity index (χ2n) is 7.74. The first-order chi connectivity index (χ1) is 15.1. The summed E-state index contributed by atoms with van der Waals surface area (Å²) in [6.45, 7) is 1.82. The van der Waals surface area contributed by atoms with Gasteiger partial charge in [0.2, 0.25) is 5.76 Å². The number of carbonyl (C=O) groups is 1. The standard InChI is InChI=1S/C24H25FN2O4/c1-29-21-7-9-22(10-8-21)30-16-18-5-3-11-27(15-18)24(28)23-14-20(26-31-23)13-17-4-2-6-19(25)12-17/h2,4,6-10,12,14,18H,3,5,11,13,15-16H2,1H3. The van der Waals surface area contributed by atoms with Crippen molar-refractivity contribution in [3.63, 3.8) is 0 Å². The molecule has 1 aliphatic heterocycles. The zero-order chi connectivity index (χ0) is 21.6. The van der Waals surface area contributed by atoms with Crippen LogP contribution in [0.4, 0.5) is 4.39 Å². The SMILES string of the molecule is COc1ccc(OCC2CCCN(C(=O)c3cc(Cc4cccc(F)c4)no3)C2)cc1. The Labute approximate surface area is 180 Å². The number of likely N-dealkylation sites (tertiary alicyclic amines) is 1. The van der Waals surface area contributed by atoms with Gasteiger partial charge in [-0.15, -0.1) is 0 Å². The van der Waals surface area contributed by atoms with Crippen LogP contribution >= 0.6 is 0 Å². The minimum absolute atomic E-state index is 0.174. The first-order valence-corrected chi connectivity index (χ1v) is 10.4. The van der Waals surface area contributed by atoms with E-state index in [4.69, 9.17) is 14.0 Å². The summed E-state index contributed by atoms with van der Waals surface area (Å²) in [5, 5.41) is 3.99. The van der Waals surface area contributed by atoms with Gasteiger partial charge in [-0.3, -0.25) is 4.79 Å². The number of methoxy groups -OCH3 is 1. The van der Waals surface area contributed by atoms with Crippen molar-refractivity contribution < 1.29 is 23.2 Å². The Kier molecular flexibility index (Phi) is 6.50. The molecule has 0 saturated carbocycles. The molecule has 2 aromatic carbocycles. The van der Waals surface area contributed by atoms with Crippen molar-refractivity contribution in [1.82, 2.24) is 10.1 Å². The average molecular weight is 424 g/mol. The van der Waals surface area contributed by atoms with Crippen LogP contribution in [-0.2, 0) is 6.42 Å². The number of amides is 1. The lowest BCUT2D eigenvalue weighted by molar-refractivity contribution is 0.0593. The third-order valence-electron chi connectivity index (χ3n) is 5.40. The molecule has 4 rings (SSSR count). The molecule has 7 heteroatoms. The first-order valence-electron chi connectivity index (χ1n) is 10.4. The molecule has 1 atom stereocenters. The van der Waals surface area contributed by atoms with E-state index in [2.05, 4.69) is 5.16 Å². The number of nitrogens with zero attached hydrogens (tertiary/aromatic N) is 2. The van der Waals surface area contributed by atoms with Gasteiger partial charge in [0.1, 0.15) is 17.3 Å². The molecule has 0 N–H and O–H groups in total. The molecule has 0 spiro atoms. The Morgan fingerprint density at radius 2 is 2.00 bits per heavy atom. The normalized spacial score (nSPS) is 16.2. The van der Waals surface area contributed by atoms with Gasteiger partial charge in [0.05, 0.1) is 19.4 Å². The van der Waals surface area contributed by atoms with Gasteiger partial charge >= 0.3 is 0 Å². The lowest BCUT2D eigenvalue weighted by Crippen LogP contribution is -2.41. The summed E-state index contributed by atoms with van der Waals surface area (Å²) in [6.07, 6.45) is 2.32. The number of aromatic nitrogens is 1. The number of ether oxygens (including phenoxy) is 2. The van der Waals surface area contributed by atoms with E-state index in [0.717, 1.165) is 29.9 Å². The van der Waals surface area contributed by atoms with Crippen molar-refractivity contribution in [3.8, 4) is 11.5 Å². The molecule has 6 nitrogen and oxygen atoms in total. The summed E-state index contributed by atoms with van der Waals surface area (Å²) in [7, 11) is 1.63. The van der Waals surface area contributed by atoms with Gasteiger partial charge in [0, 0.05) is 31.5 Å². The van der Waals surface area contributed by atoms with Crippen LogP contribution in [0.2, 0.25) is 0 Å². The van der Waals surface area contributed by atoms with E-state index in [1.807, 2.05) is 30.3 Å².